The molecule has 1 nitrogen and oxygen atoms in total. The SMILES string of the molecule is Cc1cc(Br)c(NC2CCc3cc(F)ccc32)c(Br)c1. The summed E-state index contributed by atoms with van der Waals surface area (Å²) in [7, 11) is 0. The van der Waals surface area contributed by atoms with Crippen molar-refractivity contribution in [3.63, 3.8) is 0 Å². The van der Waals surface area contributed by atoms with E-state index in [1.807, 2.05) is 6.07 Å². The molecule has 1 unspecified atom stereocenters. The topological polar surface area (TPSA) is 12.0 Å². The van der Waals surface area contributed by atoms with E-state index in [1.165, 1.54) is 17.2 Å². The molecule has 0 aromatic heterocycles. The van der Waals surface area contributed by atoms with E-state index in [-0.39, 0.29) is 11.9 Å². The zero-order valence-corrected chi connectivity index (χ0v) is 14.2. The van der Waals surface area contributed by atoms with Gasteiger partial charge < -0.3 is 5.32 Å². The van der Waals surface area contributed by atoms with Gasteiger partial charge in [0, 0.05) is 8.95 Å². The first kappa shape index (κ1) is 14.1. The van der Waals surface area contributed by atoms with Crippen LogP contribution in [0, 0.1) is 12.7 Å². The summed E-state index contributed by atoms with van der Waals surface area (Å²) in [6, 6.07) is 9.50. The van der Waals surface area contributed by atoms with Crippen molar-refractivity contribution in [3.8, 4) is 0 Å². The van der Waals surface area contributed by atoms with E-state index in [9.17, 15) is 4.39 Å². The van der Waals surface area contributed by atoms with Crippen LogP contribution >= 0.6 is 31.9 Å². The van der Waals surface area contributed by atoms with Crippen LogP contribution in [0.25, 0.3) is 0 Å². The summed E-state index contributed by atoms with van der Waals surface area (Å²) in [4.78, 5) is 0. The van der Waals surface area contributed by atoms with Crippen LogP contribution < -0.4 is 5.32 Å². The first-order valence-corrected chi connectivity index (χ1v) is 8.13. The maximum Gasteiger partial charge on any atom is 0.123 e. The van der Waals surface area contributed by atoms with Crippen molar-refractivity contribution in [1.29, 1.82) is 0 Å². The highest BCUT2D eigenvalue weighted by Gasteiger charge is 2.23. The fourth-order valence-corrected chi connectivity index (χ4v) is 4.39. The minimum atomic E-state index is -0.151. The van der Waals surface area contributed by atoms with Crippen LogP contribution in [0.1, 0.15) is 29.2 Å². The van der Waals surface area contributed by atoms with E-state index in [0.717, 1.165) is 33.0 Å². The zero-order chi connectivity index (χ0) is 14.3. The van der Waals surface area contributed by atoms with Gasteiger partial charge in [-0.15, -0.1) is 0 Å². The Bertz CT molecular complexity index is 647. The molecule has 1 aliphatic carbocycles. The molecule has 0 amide bonds. The lowest BCUT2D eigenvalue weighted by molar-refractivity contribution is 0.626. The van der Waals surface area contributed by atoms with Gasteiger partial charge in [0.2, 0.25) is 0 Å². The average Bonchev–Trinajstić information content (AvgIpc) is 2.76. The molecule has 1 atom stereocenters. The number of anilines is 1. The van der Waals surface area contributed by atoms with Crippen molar-refractivity contribution in [1.82, 2.24) is 0 Å². The van der Waals surface area contributed by atoms with Gasteiger partial charge in [0.25, 0.3) is 0 Å². The van der Waals surface area contributed by atoms with Crippen LogP contribution in [0.15, 0.2) is 39.3 Å². The molecular formula is C16H14Br2FN. The number of rotatable bonds is 2. The summed E-state index contributed by atoms with van der Waals surface area (Å²) in [5.41, 5.74) is 4.56. The van der Waals surface area contributed by atoms with Gasteiger partial charge in [-0.05, 0) is 92.6 Å². The van der Waals surface area contributed by atoms with Crippen molar-refractivity contribution in [2.45, 2.75) is 25.8 Å². The molecule has 0 heterocycles. The second-order valence-electron chi connectivity index (χ2n) is 5.18. The Morgan fingerprint density at radius 2 is 1.85 bits per heavy atom. The molecule has 20 heavy (non-hydrogen) atoms. The molecule has 0 fully saturated rings. The minimum absolute atomic E-state index is 0.151. The van der Waals surface area contributed by atoms with Crippen molar-refractivity contribution in [2.24, 2.45) is 0 Å². The molecule has 3 rings (SSSR count). The van der Waals surface area contributed by atoms with Crippen LogP contribution in [0.2, 0.25) is 0 Å². The molecule has 0 spiro atoms. The van der Waals surface area contributed by atoms with E-state index >= 15 is 0 Å². The number of nitrogens with one attached hydrogen (secondary N) is 1. The minimum Gasteiger partial charge on any atom is -0.376 e. The Labute approximate surface area is 134 Å². The van der Waals surface area contributed by atoms with E-state index in [2.05, 4.69) is 56.2 Å². The van der Waals surface area contributed by atoms with E-state index < -0.39 is 0 Å². The Morgan fingerprint density at radius 1 is 1.15 bits per heavy atom. The summed E-state index contributed by atoms with van der Waals surface area (Å²) in [6.07, 6.45) is 1.91. The third kappa shape index (κ3) is 2.63. The van der Waals surface area contributed by atoms with Crippen molar-refractivity contribution < 1.29 is 4.39 Å². The molecule has 2 aromatic carbocycles. The van der Waals surface area contributed by atoms with E-state index in [1.54, 1.807) is 6.07 Å². The lowest BCUT2D eigenvalue weighted by Gasteiger charge is -2.18. The van der Waals surface area contributed by atoms with Gasteiger partial charge in [-0.2, -0.15) is 0 Å². The third-order valence-corrected chi connectivity index (χ3v) is 4.94. The lowest BCUT2D eigenvalue weighted by Crippen LogP contribution is -2.08. The standard InChI is InChI=1S/C16H14Br2FN/c1-9-6-13(17)16(14(18)7-9)20-15-5-2-10-8-11(19)3-4-12(10)15/h3-4,6-8,15,20H,2,5H2,1H3. The highest BCUT2D eigenvalue weighted by molar-refractivity contribution is 9.11. The molecule has 0 radical (unpaired) electrons. The van der Waals surface area contributed by atoms with Crippen LogP contribution in [0.3, 0.4) is 0 Å². The normalized spacial score (nSPS) is 17.1. The first-order valence-electron chi connectivity index (χ1n) is 6.55. The van der Waals surface area contributed by atoms with Gasteiger partial charge in [-0.3, -0.25) is 0 Å². The van der Waals surface area contributed by atoms with Gasteiger partial charge in [-0.1, -0.05) is 6.07 Å². The number of aryl methyl sites for hydroxylation is 2. The summed E-state index contributed by atoms with van der Waals surface area (Å²) in [6.45, 7) is 2.06. The van der Waals surface area contributed by atoms with Crippen LogP contribution in [-0.2, 0) is 6.42 Å². The second-order valence-corrected chi connectivity index (χ2v) is 6.89. The molecule has 0 bridgehead atoms. The van der Waals surface area contributed by atoms with Gasteiger partial charge >= 0.3 is 0 Å². The smallest absolute Gasteiger partial charge is 0.123 e. The maximum atomic E-state index is 13.3. The second kappa shape index (κ2) is 5.49. The number of halogens is 3. The van der Waals surface area contributed by atoms with E-state index in [4.69, 9.17) is 0 Å². The summed E-state index contributed by atoms with van der Waals surface area (Å²) < 4.78 is 15.3. The Morgan fingerprint density at radius 3 is 2.55 bits per heavy atom. The van der Waals surface area contributed by atoms with Crippen molar-refractivity contribution in [2.75, 3.05) is 5.32 Å². The Hall–Kier alpha value is -0.870. The van der Waals surface area contributed by atoms with Gasteiger partial charge in [0.15, 0.2) is 0 Å². The quantitative estimate of drug-likeness (QED) is 0.678. The number of fused-ring (bicyclic) bond motifs is 1. The molecule has 0 aliphatic heterocycles. The summed E-state index contributed by atoms with van der Waals surface area (Å²) in [5.74, 6) is -0.151. The first-order chi connectivity index (χ1) is 9.54. The van der Waals surface area contributed by atoms with Gasteiger partial charge in [-0.25, -0.2) is 4.39 Å². The molecule has 1 N–H and O–H groups in total. The van der Waals surface area contributed by atoms with E-state index in [0.29, 0.717) is 0 Å². The van der Waals surface area contributed by atoms with Crippen LogP contribution in [0.4, 0.5) is 10.1 Å². The zero-order valence-electron chi connectivity index (χ0n) is 11.0. The maximum absolute atomic E-state index is 13.3. The monoisotopic (exact) mass is 397 g/mol. The Balaban J connectivity index is 1.91. The molecule has 104 valence electrons. The number of benzene rings is 2. The lowest BCUT2D eigenvalue weighted by atomic mass is 10.1. The van der Waals surface area contributed by atoms with Crippen LogP contribution in [-0.4, -0.2) is 0 Å². The summed E-state index contributed by atoms with van der Waals surface area (Å²) >= 11 is 7.21. The largest absolute Gasteiger partial charge is 0.376 e. The highest BCUT2D eigenvalue weighted by atomic mass is 79.9. The van der Waals surface area contributed by atoms with Crippen molar-refractivity contribution >= 4 is 37.5 Å². The predicted octanol–water partition coefficient (Wildman–Crippen LogP) is 5.76. The molecule has 0 saturated heterocycles. The highest BCUT2D eigenvalue weighted by Crippen LogP contribution is 2.39. The van der Waals surface area contributed by atoms with Crippen molar-refractivity contribution in [3.05, 3.63) is 61.8 Å². The van der Waals surface area contributed by atoms with Gasteiger partial charge in [0.05, 0.1) is 11.7 Å². The molecular weight excluding hydrogens is 385 g/mol. The van der Waals surface area contributed by atoms with Crippen LogP contribution in [0.5, 0.6) is 0 Å². The fourth-order valence-electron chi connectivity index (χ4n) is 2.75. The molecule has 4 heteroatoms. The molecule has 1 aliphatic rings. The fraction of sp³-hybridized carbons (Fsp3) is 0.250. The third-order valence-electron chi connectivity index (χ3n) is 3.69. The average molecular weight is 399 g/mol. The molecule has 2 aromatic rings. The molecule has 0 saturated carbocycles. The Kier molecular flexibility index (Phi) is 3.87. The van der Waals surface area contributed by atoms with Gasteiger partial charge in [0.1, 0.15) is 5.82 Å². The number of hydrogen-bond donors (Lipinski definition) is 1. The predicted molar refractivity (Wildman–Crippen MR) is 87.7 cm³/mol. The summed E-state index contributed by atoms with van der Waals surface area (Å²) in [5, 5.41) is 3.56. The number of hydrogen-bond acceptors (Lipinski definition) is 1.